The second-order valence-electron chi connectivity index (χ2n) is 11.8. The summed E-state index contributed by atoms with van der Waals surface area (Å²) in [6, 6.07) is 0. The van der Waals surface area contributed by atoms with Crippen molar-refractivity contribution < 1.29 is 19.7 Å². The Morgan fingerprint density at radius 3 is 2.64 bits per heavy atom. The number of carbonyl (C=O) groups excluding carboxylic acids is 1. The summed E-state index contributed by atoms with van der Waals surface area (Å²) in [6.45, 7) is 14.0. The first-order chi connectivity index (χ1) is 15.4. The molecule has 0 spiro atoms. The van der Waals surface area contributed by atoms with E-state index >= 15 is 0 Å². The Balaban J connectivity index is 1.69. The molecule has 0 saturated heterocycles. The summed E-state index contributed by atoms with van der Waals surface area (Å²) < 4.78 is 5.47. The molecule has 1 unspecified atom stereocenters. The number of allylic oxidation sites excluding steroid dienone is 4. The van der Waals surface area contributed by atoms with E-state index in [1.807, 2.05) is 0 Å². The van der Waals surface area contributed by atoms with Crippen LogP contribution in [0.4, 0.5) is 0 Å². The summed E-state index contributed by atoms with van der Waals surface area (Å²) >= 11 is 0. The average Bonchev–Trinajstić information content (AvgIpc) is 3.08. The SMILES string of the molecule is C=C1CC[C@H](OC(C)=O)C/C1=C/C=C1CCC[C@@]2(C)C1CC[C@@H]2[C@H](C)CC[C@H](O)C(C)(C)O. The minimum absolute atomic E-state index is 0.0229. The molecule has 4 nitrogen and oxygen atoms in total. The van der Waals surface area contributed by atoms with Crippen molar-refractivity contribution in [1.29, 1.82) is 0 Å². The van der Waals surface area contributed by atoms with Crippen LogP contribution in [-0.4, -0.2) is 34.0 Å². The third-order valence-electron chi connectivity index (χ3n) is 8.94. The minimum Gasteiger partial charge on any atom is -0.462 e. The molecule has 0 aromatic rings. The van der Waals surface area contributed by atoms with Crippen molar-refractivity contribution in [2.24, 2.45) is 23.2 Å². The van der Waals surface area contributed by atoms with Crippen LogP contribution in [0.1, 0.15) is 98.8 Å². The van der Waals surface area contributed by atoms with Gasteiger partial charge in [-0.15, -0.1) is 0 Å². The lowest BCUT2D eigenvalue weighted by Gasteiger charge is -2.44. The summed E-state index contributed by atoms with van der Waals surface area (Å²) in [5.41, 5.74) is 3.26. The molecule has 3 aliphatic carbocycles. The molecule has 3 fully saturated rings. The number of ether oxygens (including phenoxy) is 1. The Morgan fingerprint density at radius 1 is 1.24 bits per heavy atom. The Bertz CT molecular complexity index is 786. The smallest absolute Gasteiger partial charge is 0.302 e. The zero-order valence-electron chi connectivity index (χ0n) is 21.5. The Kier molecular flexibility index (Phi) is 8.32. The second kappa shape index (κ2) is 10.5. The van der Waals surface area contributed by atoms with Gasteiger partial charge in [-0.2, -0.15) is 0 Å². The lowest BCUT2D eigenvalue weighted by atomic mass is 9.60. The normalized spacial score (nSPS) is 34.9. The predicted molar refractivity (Wildman–Crippen MR) is 134 cm³/mol. The van der Waals surface area contributed by atoms with Gasteiger partial charge in [-0.1, -0.05) is 43.7 Å². The van der Waals surface area contributed by atoms with Gasteiger partial charge in [0.1, 0.15) is 6.10 Å². The van der Waals surface area contributed by atoms with E-state index < -0.39 is 11.7 Å². The quantitative estimate of drug-likeness (QED) is 0.441. The van der Waals surface area contributed by atoms with Crippen molar-refractivity contribution in [3.8, 4) is 0 Å². The zero-order chi connectivity index (χ0) is 24.4. The molecular weight excluding hydrogens is 412 g/mol. The fourth-order valence-electron chi connectivity index (χ4n) is 6.91. The van der Waals surface area contributed by atoms with E-state index in [-0.39, 0.29) is 12.1 Å². The van der Waals surface area contributed by atoms with E-state index in [1.165, 1.54) is 50.2 Å². The summed E-state index contributed by atoms with van der Waals surface area (Å²) in [5, 5.41) is 20.4. The fourth-order valence-corrected chi connectivity index (χ4v) is 6.91. The largest absolute Gasteiger partial charge is 0.462 e. The van der Waals surface area contributed by atoms with Crippen molar-refractivity contribution >= 4 is 5.97 Å². The number of hydrogen-bond acceptors (Lipinski definition) is 4. The van der Waals surface area contributed by atoms with Gasteiger partial charge < -0.3 is 14.9 Å². The summed E-state index contributed by atoms with van der Waals surface area (Å²) in [5.74, 6) is 1.62. The second-order valence-corrected chi connectivity index (χ2v) is 11.8. The fraction of sp³-hybridized carbons (Fsp3) is 0.759. The molecule has 6 atom stereocenters. The first kappa shape index (κ1) is 26.2. The Hall–Kier alpha value is -1.39. The van der Waals surface area contributed by atoms with Crippen molar-refractivity contribution in [2.45, 2.75) is 117 Å². The van der Waals surface area contributed by atoms with Crippen LogP contribution in [0.15, 0.2) is 35.5 Å². The van der Waals surface area contributed by atoms with Gasteiger partial charge in [0.2, 0.25) is 0 Å². The van der Waals surface area contributed by atoms with Gasteiger partial charge in [0, 0.05) is 13.3 Å². The highest BCUT2D eigenvalue weighted by Crippen LogP contribution is 2.60. The number of aliphatic hydroxyl groups is 2. The monoisotopic (exact) mass is 458 g/mol. The molecule has 3 aliphatic rings. The molecule has 0 aliphatic heterocycles. The van der Waals surface area contributed by atoms with E-state index in [0.717, 1.165) is 25.7 Å². The van der Waals surface area contributed by atoms with Crippen molar-refractivity contribution in [3.63, 3.8) is 0 Å². The number of fused-ring (bicyclic) bond motifs is 1. The van der Waals surface area contributed by atoms with Crippen LogP contribution in [0.5, 0.6) is 0 Å². The van der Waals surface area contributed by atoms with Crippen LogP contribution in [0.3, 0.4) is 0 Å². The lowest BCUT2D eigenvalue weighted by molar-refractivity contribution is -0.146. The van der Waals surface area contributed by atoms with Gasteiger partial charge >= 0.3 is 5.97 Å². The van der Waals surface area contributed by atoms with Crippen LogP contribution in [0.2, 0.25) is 0 Å². The molecule has 0 radical (unpaired) electrons. The van der Waals surface area contributed by atoms with Gasteiger partial charge in [-0.25, -0.2) is 0 Å². The van der Waals surface area contributed by atoms with Crippen LogP contribution >= 0.6 is 0 Å². The number of carbonyl (C=O) groups is 1. The Morgan fingerprint density at radius 2 is 1.97 bits per heavy atom. The molecule has 0 aromatic carbocycles. The zero-order valence-corrected chi connectivity index (χ0v) is 21.5. The van der Waals surface area contributed by atoms with E-state index in [4.69, 9.17) is 4.74 Å². The van der Waals surface area contributed by atoms with Crippen molar-refractivity contribution in [3.05, 3.63) is 35.5 Å². The molecule has 3 saturated carbocycles. The maximum Gasteiger partial charge on any atom is 0.302 e. The molecule has 186 valence electrons. The van der Waals surface area contributed by atoms with Crippen molar-refractivity contribution in [1.82, 2.24) is 0 Å². The van der Waals surface area contributed by atoms with E-state index in [0.29, 0.717) is 29.6 Å². The van der Waals surface area contributed by atoms with Gasteiger partial charge in [-0.3, -0.25) is 4.79 Å². The van der Waals surface area contributed by atoms with Crippen LogP contribution in [-0.2, 0) is 9.53 Å². The van der Waals surface area contributed by atoms with Crippen LogP contribution < -0.4 is 0 Å². The van der Waals surface area contributed by atoms with Crippen LogP contribution in [0.25, 0.3) is 0 Å². The van der Waals surface area contributed by atoms with Gasteiger partial charge in [0.05, 0.1) is 11.7 Å². The molecule has 0 bridgehead atoms. The molecule has 2 N–H and O–H groups in total. The highest BCUT2D eigenvalue weighted by molar-refractivity contribution is 5.66. The standard InChI is InChI=1S/C29H46O4/c1-19-9-13-24(33-21(3)30)18-23(19)12-11-22-8-7-17-29(6)25(14-15-26(22)29)20(2)10-16-27(31)28(4,5)32/h11-12,20,24-27,31-32H,1,7-10,13-18H2,2-6H3/b22-11?,23-12-/t20-,24+,25-,26?,27+,29-/m1/s1. The molecule has 0 amide bonds. The summed E-state index contributed by atoms with van der Waals surface area (Å²) in [6.07, 6.45) is 14.2. The maximum atomic E-state index is 11.4. The minimum atomic E-state index is -1.03. The van der Waals surface area contributed by atoms with Crippen LogP contribution in [0, 0.1) is 23.2 Å². The Labute approximate surface area is 201 Å². The third-order valence-corrected chi connectivity index (χ3v) is 8.94. The number of aliphatic hydroxyl groups excluding tert-OH is 1. The molecule has 3 rings (SSSR count). The first-order valence-electron chi connectivity index (χ1n) is 13.1. The molecule has 33 heavy (non-hydrogen) atoms. The molecule has 4 heteroatoms. The molecule has 0 heterocycles. The lowest BCUT2D eigenvalue weighted by Crippen LogP contribution is -2.38. The number of hydrogen-bond donors (Lipinski definition) is 2. The van der Waals surface area contributed by atoms with E-state index in [9.17, 15) is 15.0 Å². The maximum absolute atomic E-state index is 11.4. The topological polar surface area (TPSA) is 66.8 Å². The molecular formula is C29H46O4. The highest BCUT2D eigenvalue weighted by atomic mass is 16.5. The highest BCUT2D eigenvalue weighted by Gasteiger charge is 2.50. The van der Waals surface area contributed by atoms with Gasteiger partial charge in [-0.05, 0) is 100 Å². The predicted octanol–water partition coefficient (Wildman–Crippen LogP) is 6.28. The average molecular weight is 459 g/mol. The molecule has 0 aromatic heterocycles. The van der Waals surface area contributed by atoms with E-state index in [1.54, 1.807) is 19.4 Å². The summed E-state index contributed by atoms with van der Waals surface area (Å²) in [4.78, 5) is 11.4. The number of rotatable bonds is 7. The van der Waals surface area contributed by atoms with Crippen molar-refractivity contribution in [2.75, 3.05) is 0 Å². The first-order valence-corrected chi connectivity index (χ1v) is 13.1. The van der Waals surface area contributed by atoms with E-state index in [2.05, 4.69) is 32.6 Å². The third kappa shape index (κ3) is 6.19. The summed E-state index contributed by atoms with van der Waals surface area (Å²) in [7, 11) is 0. The number of esters is 1. The van der Waals surface area contributed by atoms with Gasteiger partial charge in [0.15, 0.2) is 0 Å². The van der Waals surface area contributed by atoms with Gasteiger partial charge in [0.25, 0.3) is 0 Å².